The van der Waals surface area contributed by atoms with Gasteiger partial charge >= 0.3 is 0 Å². The van der Waals surface area contributed by atoms with Gasteiger partial charge in [0.2, 0.25) is 5.91 Å². The Morgan fingerprint density at radius 3 is 2.79 bits per heavy atom. The summed E-state index contributed by atoms with van der Waals surface area (Å²) in [6, 6.07) is 3.54. The third-order valence-corrected chi connectivity index (χ3v) is 4.40. The summed E-state index contributed by atoms with van der Waals surface area (Å²) in [5.41, 5.74) is 1.55. The Morgan fingerprint density at radius 2 is 2.08 bits per heavy atom. The van der Waals surface area contributed by atoms with Crippen molar-refractivity contribution in [3.8, 4) is 5.75 Å². The van der Waals surface area contributed by atoms with Crippen molar-refractivity contribution in [3.05, 3.63) is 22.7 Å². The first-order chi connectivity index (χ1) is 11.6. The zero-order valence-electron chi connectivity index (χ0n) is 14.4. The lowest BCUT2D eigenvalue weighted by Crippen LogP contribution is -2.40. The van der Waals surface area contributed by atoms with E-state index >= 15 is 0 Å². The summed E-state index contributed by atoms with van der Waals surface area (Å²) >= 11 is 6.07. The number of hydrogen-bond acceptors (Lipinski definition) is 5. The molecule has 0 radical (unpaired) electrons. The van der Waals surface area contributed by atoms with Gasteiger partial charge in [0.1, 0.15) is 5.75 Å². The van der Waals surface area contributed by atoms with Crippen molar-refractivity contribution in [3.63, 3.8) is 0 Å². The summed E-state index contributed by atoms with van der Waals surface area (Å²) in [6.45, 7) is 7.98. The molecule has 1 saturated heterocycles. The zero-order valence-corrected chi connectivity index (χ0v) is 15.1. The highest BCUT2D eigenvalue weighted by Gasteiger charge is 2.11. The maximum absolute atomic E-state index is 12.1. The van der Waals surface area contributed by atoms with Gasteiger partial charge in [0.25, 0.3) is 0 Å². The summed E-state index contributed by atoms with van der Waals surface area (Å²) in [4.78, 5) is 14.4. The topological polar surface area (TPSA) is 62.8 Å². The smallest absolute Gasteiger partial charge is 0.225 e. The molecule has 1 heterocycles. The van der Waals surface area contributed by atoms with E-state index in [-0.39, 0.29) is 5.91 Å². The fourth-order valence-corrected chi connectivity index (χ4v) is 2.69. The van der Waals surface area contributed by atoms with Gasteiger partial charge in [-0.05, 0) is 18.6 Å². The van der Waals surface area contributed by atoms with Gasteiger partial charge < -0.3 is 20.1 Å². The Morgan fingerprint density at radius 1 is 1.33 bits per heavy atom. The molecule has 0 aliphatic carbocycles. The second kappa shape index (κ2) is 9.84. The minimum absolute atomic E-state index is 0.0473. The van der Waals surface area contributed by atoms with Gasteiger partial charge in [-0.1, -0.05) is 11.6 Å². The van der Waals surface area contributed by atoms with E-state index in [1.165, 1.54) is 0 Å². The molecule has 1 aliphatic heterocycles. The average Bonchev–Trinajstić information content (AvgIpc) is 2.58. The molecule has 2 rings (SSSR count). The van der Waals surface area contributed by atoms with Gasteiger partial charge in [-0.3, -0.25) is 9.69 Å². The fourth-order valence-electron chi connectivity index (χ4n) is 2.53. The number of halogens is 1. The van der Waals surface area contributed by atoms with Crippen LogP contribution in [0.25, 0.3) is 0 Å². The molecule has 7 heteroatoms. The molecule has 24 heavy (non-hydrogen) atoms. The van der Waals surface area contributed by atoms with Gasteiger partial charge in [-0.15, -0.1) is 0 Å². The largest absolute Gasteiger partial charge is 0.495 e. The van der Waals surface area contributed by atoms with Gasteiger partial charge in [-0.2, -0.15) is 0 Å². The number of nitrogens with zero attached hydrogens (tertiary/aromatic N) is 1. The molecule has 0 aromatic heterocycles. The lowest BCUT2D eigenvalue weighted by atomic mass is 10.2. The molecule has 1 amide bonds. The number of carbonyl (C=O) groups is 1. The SMILES string of the molecule is COc1cc(Cl)c(C)cc1NC(=O)CCNCCN1CCOCC1. The fraction of sp³-hybridized carbons (Fsp3) is 0.588. The van der Waals surface area contributed by atoms with E-state index in [1.54, 1.807) is 13.2 Å². The summed E-state index contributed by atoms with van der Waals surface area (Å²) in [7, 11) is 1.56. The number of nitrogens with one attached hydrogen (secondary N) is 2. The lowest BCUT2D eigenvalue weighted by molar-refractivity contribution is -0.116. The normalized spacial score (nSPS) is 15.3. The van der Waals surface area contributed by atoms with Crippen molar-refractivity contribution in [2.24, 2.45) is 0 Å². The summed E-state index contributed by atoms with van der Waals surface area (Å²) in [5, 5.41) is 6.80. The number of aryl methyl sites for hydroxylation is 1. The average molecular weight is 356 g/mol. The molecule has 1 aliphatic rings. The third kappa shape index (κ3) is 5.94. The molecule has 134 valence electrons. The number of rotatable bonds is 8. The van der Waals surface area contributed by atoms with Crippen molar-refractivity contribution in [2.45, 2.75) is 13.3 Å². The van der Waals surface area contributed by atoms with Crippen LogP contribution in [0, 0.1) is 6.92 Å². The maximum Gasteiger partial charge on any atom is 0.225 e. The van der Waals surface area contributed by atoms with Crippen LogP contribution in [0.4, 0.5) is 5.69 Å². The maximum atomic E-state index is 12.1. The van der Waals surface area contributed by atoms with Crippen molar-refractivity contribution in [1.29, 1.82) is 0 Å². The van der Waals surface area contributed by atoms with Crippen LogP contribution in [0.2, 0.25) is 5.02 Å². The lowest BCUT2D eigenvalue weighted by Gasteiger charge is -2.26. The first-order valence-corrected chi connectivity index (χ1v) is 8.62. The molecule has 6 nitrogen and oxygen atoms in total. The predicted molar refractivity (Wildman–Crippen MR) is 96.1 cm³/mol. The van der Waals surface area contributed by atoms with Crippen LogP contribution in [0.1, 0.15) is 12.0 Å². The first kappa shape index (κ1) is 19.0. The van der Waals surface area contributed by atoms with Crippen LogP contribution in [0.5, 0.6) is 5.75 Å². The van der Waals surface area contributed by atoms with E-state index in [2.05, 4.69) is 15.5 Å². The molecule has 2 N–H and O–H groups in total. The minimum atomic E-state index is -0.0473. The molecule has 0 saturated carbocycles. The molecule has 0 unspecified atom stereocenters. The number of morpholine rings is 1. The van der Waals surface area contributed by atoms with E-state index in [0.29, 0.717) is 29.4 Å². The number of carbonyl (C=O) groups excluding carboxylic acids is 1. The molecule has 0 spiro atoms. The first-order valence-electron chi connectivity index (χ1n) is 8.25. The summed E-state index contributed by atoms with van der Waals surface area (Å²) in [6.07, 6.45) is 0.411. The number of anilines is 1. The number of methoxy groups -OCH3 is 1. The Labute approximate surface area is 148 Å². The molecule has 0 bridgehead atoms. The van der Waals surface area contributed by atoms with E-state index in [1.807, 2.05) is 13.0 Å². The highest BCUT2D eigenvalue weighted by atomic mass is 35.5. The Bertz CT molecular complexity index is 548. The van der Waals surface area contributed by atoms with E-state index < -0.39 is 0 Å². The van der Waals surface area contributed by atoms with Crippen LogP contribution >= 0.6 is 11.6 Å². The van der Waals surface area contributed by atoms with Crippen molar-refractivity contribution >= 4 is 23.2 Å². The monoisotopic (exact) mass is 355 g/mol. The molecule has 0 atom stereocenters. The van der Waals surface area contributed by atoms with Crippen LogP contribution in [0.3, 0.4) is 0 Å². The number of hydrogen-bond donors (Lipinski definition) is 2. The second-order valence-electron chi connectivity index (χ2n) is 5.80. The molecular formula is C17H26ClN3O3. The van der Waals surface area contributed by atoms with Crippen LogP contribution in [-0.4, -0.2) is 63.9 Å². The van der Waals surface area contributed by atoms with Crippen molar-refractivity contribution in [1.82, 2.24) is 10.2 Å². The molecule has 1 aromatic carbocycles. The number of benzene rings is 1. The van der Waals surface area contributed by atoms with Crippen LogP contribution < -0.4 is 15.4 Å². The van der Waals surface area contributed by atoms with E-state index in [9.17, 15) is 4.79 Å². The number of ether oxygens (including phenoxy) is 2. The molecule has 1 aromatic rings. The molecular weight excluding hydrogens is 330 g/mol. The van der Waals surface area contributed by atoms with Gasteiger partial charge in [-0.25, -0.2) is 0 Å². The van der Waals surface area contributed by atoms with E-state index in [4.69, 9.17) is 21.1 Å². The quantitative estimate of drug-likeness (QED) is 0.697. The van der Waals surface area contributed by atoms with Crippen molar-refractivity contribution < 1.29 is 14.3 Å². The van der Waals surface area contributed by atoms with Crippen LogP contribution in [0.15, 0.2) is 12.1 Å². The Balaban J connectivity index is 1.68. The van der Waals surface area contributed by atoms with Gasteiger partial charge in [0.05, 0.1) is 26.0 Å². The minimum Gasteiger partial charge on any atom is -0.495 e. The molecule has 1 fully saturated rings. The van der Waals surface area contributed by atoms with E-state index in [0.717, 1.165) is 45.0 Å². The number of amides is 1. The Kier molecular flexibility index (Phi) is 7.78. The van der Waals surface area contributed by atoms with Gasteiger partial charge in [0.15, 0.2) is 0 Å². The van der Waals surface area contributed by atoms with Crippen LogP contribution in [-0.2, 0) is 9.53 Å². The third-order valence-electron chi connectivity index (χ3n) is 3.99. The summed E-state index contributed by atoms with van der Waals surface area (Å²) in [5.74, 6) is 0.521. The van der Waals surface area contributed by atoms with Gasteiger partial charge in [0, 0.05) is 50.2 Å². The second-order valence-corrected chi connectivity index (χ2v) is 6.21. The Hall–Kier alpha value is -1.34. The highest BCUT2D eigenvalue weighted by molar-refractivity contribution is 6.31. The summed E-state index contributed by atoms with van der Waals surface area (Å²) < 4.78 is 10.6. The predicted octanol–water partition coefficient (Wildman–Crippen LogP) is 1.91. The standard InChI is InChI=1S/C17H26ClN3O3/c1-13-11-15(16(23-2)12-14(13)18)20-17(22)3-4-19-5-6-21-7-9-24-10-8-21/h11-12,19H,3-10H2,1-2H3,(H,20,22). The zero-order chi connectivity index (χ0) is 17.4. The highest BCUT2D eigenvalue weighted by Crippen LogP contribution is 2.30. The van der Waals surface area contributed by atoms with Crippen molar-refractivity contribution in [2.75, 3.05) is 58.4 Å².